The predicted molar refractivity (Wildman–Crippen MR) is 125 cm³/mol. The fraction of sp³-hybridized carbons (Fsp3) is 0.360. The summed E-state index contributed by atoms with van der Waals surface area (Å²) in [5.41, 5.74) is 0.664. The number of ether oxygens (including phenoxy) is 2. The topological polar surface area (TPSA) is 71.9 Å². The molecule has 1 N–H and O–H groups in total. The van der Waals surface area contributed by atoms with Crippen molar-refractivity contribution in [2.24, 2.45) is 5.41 Å². The molecule has 32 heavy (non-hydrogen) atoms. The summed E-state index contributed by atoms with van der Waals surface area (Å²) >= 11 is 6.28. The van der Waals surface area contributed by atoms with Crippen LogP contribution in [0, 0.1) is 5.41 Å². The summed E-state index contributed by atoms with van der Waals surface area (Å²) in [6, 6.07) is 15.1. The van der Waals surface area contributed by atoms with Crippen LogP contribution in [0.2, 0.25) is 5.02 Å². The van der Waals surface area contributed by atoms with Crippen LogP contribution >= 0.6 is 11.6 Å². The van der Waals surface area contributed by atoms with Crippen molar-refractivity contribution in [1.29, 1.82) is 0 Å². The number of hydrogen-bond acceptors (Lipinski definition) is 4. The number of likely N-dealkylation sites (tertiary alicyclic amines) is 1. The molecule has 2 unspecified atom stereocenters. The van der Waals surface area contributed by atoms with Gasteiger partial charge in [0.2, 0.25) is 5.88 Å². The van der Waals surface area contributed by atoms with Gasteiger partial charge >= 0.3 is 6.09 Å². The third kappa shape index (κ3) is 4.60. The van der Waals surface area contributed by atoms with Crippen LogP contribution in [0.3, 0.4) is 0 Å². The van der Waals surface area contributed by atoms with Gasteiger partial charge in [-0.1, -0.05) is 56.6 Å². The smallest absolute Gasteiger partial charge is 0.407 e. The maximum atomic E-state index is 11.6. The summed E-state index contributed by atoms with van der Waals surface area (Å²) in [4.78, 5) is 17.5. The van der Waals surface area contributed by atoms with E-state index < -0.39 is 6.09 Å². The molecule has 2 aromatic carbocycles. The largest absolute Gasteiger partial charge is 0.488 e. The number of benzene rings is 2. The Morgan fingerprint density at radius 3 is 2.56 bits per heavy atom. The summed E-state index contributed by atoms with van der Waals surface area (Å²) in [6.45, 7) is 6.92. The highest BCUT2D eigenvalue weighted by atomic mass is 35.5. The van der Waals surface area contributed by atoms with Gasteiger partial charge in [-0.15, -0.1) is 0 Å². The highest BCUT2D eigenvalue weighted by Crippen LogP contribution is 2.35. The Balaban J connectivity index is 1.43. The maximum Gasteiger partial charge on any atom is 0.407 e. The molecule has 0 spiro atoms. The van der Waals surface area contributed by atoms with E-state index in [0.717, 1.165) is 22.1 Å². The van der Waals surface area contributed by atoms with Gasteiger partial charge in [0.1, 0.15) is 18.5 Å². The second-order valence-electron chi connectivity index (χ2n) is 9.12. The van der Waals surface area contributed by atoms with Crippen LogP contribution < -0.4 is 9.47 Å². The minimum Gasteiger partial charge on any atom is -0.488 e. The van der Waals surface area contributed by atoms with Gasteiger partial charge in [-0.25, -0.2) is 9.78 Å². The van der Waals surface area contributed by atoms with E-state index in [1.807, 2.05) is 69.3 Å². The van der Waals surface area contributed by atoms with Gasteiger partial charge in [0, 0.05) is 46.6 Å². The lowest BCUT2D eigenvalue weighted by Gasteiger charge is -2.36. The van der Waals surface area contributed by atoms with Crippen molar-refractivity contribution in [3.05, 3.63) is 65.3 Å². The second kappa shape index (κ2) is 8.87. The maximum absolute atomic E-state index is 11.6. The number of halogens is 1. The van der Waals surface area contributed by atoms with Crippen LogP contribution in [-0.2, 0) is 6.61 Å². The van der Waals surface area contributed by atoms with E-state index in [9.17, 15) is 9.90 Å². The van der Waals surface area contributed by atoms with Crippen molar-refractivity contribution >= 4 is 28.5 Å². The number of pyridine rings is 1. The number of nitrogens with zero attached hydrogens (tertiary/aromatic N) is 2. The second-order valence-corrected chi connectivity index (χ2v) is 9.52. The minimum atomic E-state index is -0.911. The number of carboxylic acid groups (broad SMARTS) is 1. The fourth-order valence-corrected chi connectivity index (χ4v) is 4.60. The lowest BCUT2D eigenvalue weighted by molar-refractivity contribution is 0.0552. The third-order valence-electron chi connectivity index (χ3n) is 5.77. The quantitative estimate of drug-likeness (QED) is 0.510. The highest BCUT2D eigenvalue weighted by Gasteiger charge is 2.45. The normalized spacial score (nSPS) is 18.7. The van der Waals surface area contributed by atoms with Gasteiger partial charge in [0.25, 0.3) is 0 Å². The van der Waals surface area contributed by atoms with Gasteiger partial charge in [-0.3, -0.25) is 0 Å². The SMILES string of the molecule is CC(C)(C)C1C(Oc2ccc(COc3ccc(Cl)c4ccccc34)cn2)CCN1C(=O)O. The monoisotopic (exact) mass is 454 g/mol. The first kappa shape index (κ1) is 22.2. The summed E-state index contributed by atoms with van der Waals surface area (Å²) in [6.07, 6.45) is 1.22. The molecule has 0 radical (unpaired) electrons. The average Bonchev–Trinajstić information content (AvgIpc) is 3.19. The lowest BCUT2D eigenvalue weighted by Crippen LogP contribution is -2.48. The average molecular weight is 455 g/mol. The van der Waals surface area contributed by atoms with Crippen molar-refractivity contribution in [2.45, 2.75) is 45.9 Å². The molecule has 2 heterocycles. The van der Waals surface area contributed by atoms with Gasteiger partial charge in [-0.05, 0) is 23.6 Å². The predicted octanol–water partition coefficient (Wildman–Crippen LogP) is 6.01. The van der Waals surface area contributed by atoms with Crippen molar-refractivity contribution < 1.29 is 19.4 Å². The van der Waals surface area contributed by atoms with E-state index in [4.69, 9.17) is 21.1 Å². The Bertz CT molecular complexity index is 1110. The lowest BCUT2D eigenvalue weighted by atomic mass is 9.84. The van der Waals surface area contributed by atoms with E-state index in [-0.39, 0.29) is 17.6 Å². The van der Waals surface area contributed by atoms with Crippen molar-refractivity contribution in [1.82, 2.24) is 9.88 Å². The summed E-state index contributed by atoms with van der Waals surface area (Å²) in [5, 5.41) is 12.1. The van der Waals surface area contributed by atoms with Crippen molar-refractivity contribution in [2.75, 3.05) is 6.54 Å². The molecule has 0 saturated carbocycles. The van der Waals surface area contributed by atoms with Crippen LogP contribution in [0.25, 0.3) is 10.8 Å². The van der Waals surface area contributed by atoms with E-state index in [1.54, 1.807) is 6.20 Å². The Labute approximate surface area is 192 Å². The molecule has 4 rings (SSSR count). The van der Waals surface area contributed by atoms with Gasteiger partial charge in [0.05, 0.1) is 6.04 Å². The fourth-order valence-electron chi connectivity index (χ4n) is 4.37. The molecule has 2 atom stereocenters. The molecular formula is C25H27ClN2O4. The molecule has 1 fully saturated rings. The minimum absolute atomic E-state index is 0.233. The third-order valence-corrected chi connectivity index (χ3v) is 6.10. The van der Waals surface area contributed by atoms with Crippen molar-refractivity contribution in [3.8, 4) is 11.6 Å². The summed E-state index contributed by atoms with van der Waals surface area (Å²) < 4.78 is 12.1. The molecule has 1 aromatic heterocycles. The summed E-state index contributed by atoms with van der Waals surface area (Å²) in [7, 11) is 0. The molecule has 7 heteroatoms. The molecule has 3 aromatic rings. The zero-order chi connectivity index (χ0) is 22.9. The van der Waals surface area contributed by atoms with Crippen LogP contribution in [0.15, 0.2) is 54.7 Å². The van der Waals surface area contributed by atoms with E-state index in [2.05, 4.69) is 4.98 Å². The first-order valence-electron chi connectivity index (χ1n) is 10.7. The number of amides is 1. The Morgan fingerprint density at radius 2 is 1.91 bits per heavy atom. The number of fused-ring (bicyclic) bond motifs is 1. The van der Waals surface area contributed by atoms with Gasteiger partial charge in [0.15, 0.2) is 0 Å². The van der Waals surface area contributed by atoms with E-state index in [0.29, 0.717) is 30.5 Å². The van der Waals surface area contributed by atoms with Gasteiger partial charge < -0.3 is 19.5 Å². The Morgan fingerprint density at radius 1 is 1.16 bits per heavy atom. The van der Waals surface area contributed by atoms with Gasteiger partial charge in [-0.2, -0.15) is 0 Å². The molecule has 1 amide bonds. The molecule has 1 aliphatic heterocycles. The molecular weight excluding hydrogens is 428 g/mol. The Hall–Kier alpha value is -2.99. The van der Waals surface area contributed by atoms with E-state index in [1.165, 1.54) is 4.90 Å². The molecule has 6 nitrogen and oxygen atoms in total. The van der Waals surface area contributed by atoms with Crippen LogP contribution in [-0.4, -0.2) is 39.8 Å². The van der Waals surface area contributed by atoms with Crippen LogP contribution in [0.4, 0.5) is 4.79 Å². The molecule has 1 aliphatic rings. The molecule has 0 aliphatic carbocycles. The van der Waals surface area contributed by atoms with E-state index >= 15 is 0 Å². The number of carbonyl (C=O) groups is 1. The first-order valence-corrected chi connectivity index (χ1v) is 11.0. The number of hydrogen-bond donors (Lipinski definition) is 1. The van der Waals surface area contributed by atoms with Crippen molar-refractivity contribution in [3.63, 3.8) is 0 Å². The number of rotatable bonds is 5. The Kier molecular flexibility index (Phi) is 6.15. The zero-order valence-electron chi connectivity index (χ0n) is 18.4. The standard InChI is InChI=1S/C25H27ClN2O4/c1-25(2,3)23-21(12-13-28(23)24(29)30)32-22-11-8-16(14-27-22)15-31-20-10-9-19(26)17-6-4-5-7-18(17)20/h4-11,14,21,23H,12-13,15H2,1-3H3,(H,29,30). The number of aromatic nitrogens is 1. The highest BCUT2D eigenvalue weighted by molar-refractivity contribution is 6.35. The zero-order valence-corrected chi connectivity index (χ0v) is 19.2. The molecule has 1 saturated heterocycles. The summed E-state index contributed by atoms with van der Waals surface area (Å²) in [5.74, 6) is 1.25. The van der Waals surface area contributed by atoms with Crippen LogP contribution in [0.5, 0.6) is 11.6 Å². The molecule has 168 valence electrons. The first-order chi connectivity index (χ1) is 15.2. The van der Waals surface area contributed by atoms with Crippen LogP contribution in [0.1, 0.15) is 32.8 Å². The molecule has 0 bridgehead atoms.